The Kier molecular flexibility index (Phi) is 6.08. The van der Waals surface area contributed by atoms with Crippen molar-refractivity contribution in [1.82, 2.24) is 5.32 Å². The third kappa shape index (κ3) is 4.67. The van der Waals surface area contributed by atoms with Gasteiger partial charge < -0.3 is 15.0 Å². The predicted octanol–water partition coefficient (Wildman–Crippen LogP) is 3.32. The topological polar surface area (TPSA) is 75.7 Å². The molecule has 1 saturated carbocycles. The first kappa shape index (κ1) is 20.5. The molecule has 7 heteroatoms. The van der Waals surface area contributed by atoms with Crippen molar-refractivity contribution in [3.8, 4) is 0 Å². The Morgan fingerprint density at radius 2 is 1.90 bits per heavy atom. The number of carbonyl (C=O) groups excluding carboxylic acids is 3. The van der Waals surface area contributed by atoms with Crippen LogP contribution in [0.4, 0.5) is 5.69 Å². The maximum absolute atomic E-state index is 12.9. The van der Waals surface area contributed by atoms with E-state index in [0.29, 0.717) is 5.56 Å². The number of rotatable bonds is 7. The van der Waals surface area contributed by atoms with Crippen LogP contribution in [0.25, 0.3) is 0 Å². The van der Waals surface area contributed by atoms with Crippen molar-refractivity contribution in [2.24, 2.45) is 5.92 Å². The highest BCUT2D eigenvalue weighted by Gasteiger charge is 2.39. The van der Waals surface area contributed by atoms with Crippen LogP contribution in [-0.4, -0.2) is 36.6 Å². The summed E-state index contributed by atoms with van der Waals surface area (Å²) in [7, 11) is 0. The molecule has 30 heavy (non-hydrogen) atoms. The van der Waals surface area contributed by atoms with Crippen LogP contribution in [0, 0.1) is 5.92 Å². The third-order valence-electron chi connectivity index (χ3n) is 5.32. The van der Waals surface area contributed by atoms with Gasteiger partial charge >= 0.3 is 5.97 Å². The second-order valence-electron chi connectivity index (χ2n) is 7.62. The maximum atomic E-state index is 12.9. The highest BCUT2D eigenvalue weighted by Crippen LogP contribution is 2.30. The Hall–Kier alpha value is -2.80. The van der Waals surface area contributed by atoms with Gasteiger partial charge in [-0.05, 0) is 37.3 Å². The number of carbonyl (C=O) groups is 3. The van der Waals surface area contributed by atoms with E-state index in [2.05, 4.69) is 5.32 Å². The molecule has 1 aliphatic carbocycles. The molecule has 2 aromatic rings. The molecule has 2 aliphatic rings. The zero-order valence-electron chi connectivity index (χ0n) is 16.7. The fourth-order valence-electron chi connectivity index (χ4n) is 3.51. The standard InChI is InChI=1S/C23H24N2O4S/c1-30-19-9-5-8-18(13-19)25-14-16(12-20(25)26)23(28)29-21(15-6-3-2-4-7-15)22(27)24-17-10-11-17/h2-9,13,16-17,21H,10-12,14H2,1H3,(H,24,27). The van der Waals surface area contributed by atoms with Crippen molar-refractivity contribution in [2.75, 3.05) is 17.7 Å². The SMILES string of the molecule is CSc1cccc(N2CC(C(=O)OC(C(=O)NC3CC3)c3ccccc3)CC2=O)c1. The maximum Gasteiger partial charge on any atom is 0.312 e. The van der Waals surface area contributed by atoms with Crippen LogP contribution in [0.3, 0.4) is 0 Å². The summed E-state index contributed by atoms with van der Waals surface area (Å²) in [6, 6.07) is 16.8. The molecule has 4 rings (SSSR count). The van der Waals surface area contributed by atoms with Crippen LogP contribution < -0.4 is 10.2 Å². The number of nitrogens with zero attached hydrogens (tertiary/aromatic N) is 1. The van der Waals surface area contributed by atoms with Gasteiger partial charge in [0.15, 0.2) is 0 Å². The van der Waals surface area contributed by atoms with Crippen molar-refractivity contribution in [3.05, 3.63) is 60.2 Å². The summed E-state index contributed by atoms with van der Waals surface area (Å²) < 4.78 is 5.65. The zero-order valence-corrected chi connectivity index (χ0v) is 17.6. The highest BCUT2D eigenvalue weighted by molar-refractivity contribution is 7.98. The van der Waals surface area contributed by atoms with Crippen molar-refractivity contribution in [3.63, 3.8) is 0 Å². The van der Waals surface area contributed by atoms with Crippen LogP contribution in [-0.2, 0) is 19.1 Å². The average Bonchev–Trinajstić information content (AvgIpc) is 3.50. The molecule has 6 nitrogen and oxygen atoms in total. The van der Waals surface area contributed by atoms with Crippen LogP contribution in [0.15, 0.2) is 59.5 Å². The fraction of sp³-hybridized carbons (Fsp3) is 0.348. The lowest BCUT2D eigenvalue weighted by atomic mass is 10.1. The molecule has 1 saturated heterocycles. The molecule has 1 heterocycles. The minimum Gasteiger partial charge on any atom is -0.447 e. The van der Waals surface area contributed by atoms with Gasteiger partial charge in [-0.1, -0.05) is 36.4 Å². The number of hydrogen-bond acceptors (Lipinski definition) is 5. The van der Waals surface area contributed by atoms with E-state index in [0.717, 1.165) is 23.4 Å². The Balaban J connectivity index is 1.47. The van der Waals surface area contributed by atoms with E-state index >= 15 is 0 Å². The van der Waals surface area contributed by atoms with E-state index in [1.807, 2.05) is 36.6 Å². The molecule has 0 spiro atoms. The molecule has 0 radical (unpaired) electrons. The number of hydrogen-bond donors (Lipinski definition) is 1. The van der Waals surface area contributed by atoms with Gasteiger partial charge in [0.25, 0.3) is 5.91 Å². The summed E-state index contributed by atoms with van der Waals surface area (Å²) in [4.78, 5) is 40.8. The summed E-state index contributed by atoms with van der Waals surface area (Å²) in [5, 5.41) is 2.91. The van der Waals surface area contributed by atoms with Gasteiger partial charge in [0.2, 0.25) is 12.0 Å². The van der Waals surface area contributed by atoms with Gasteiger partial charge in [0, 0.05) is 35.2 Å². The van der Waals surface area contributed by atoms with Gasteiger partial charge in [0.1, 0.15) is 0 Å². The van der Waals surface area contributed by atoms with Crippen LogP contribution >= 0.6 is 11.8 Å². The smallest absolute Gasteiger partial charge is 0.312 e. The highest BCUT2D eigenvalue weighted by atomic mass is 32.2. The number of anilines is 1. The number of thioether (sulfide) groups is 1. The van der Waals surface area contributed by atoms with Gasteiger partial charge in [-0.3, -0.25) is 14.4 Å². The van der Waals surface area contributed by atoms with Crippen molar-refractivity contribution in [2.45, 2.75) is 36.3 Å². The van der Waals surface area contributed by atoms with E-state index < -0.39 is 18.0 Å². The second-order valence-corrected chi connectivity index (χ2v) is 8.50. The van der Waals surface area contributed by atoms with Gasteiger partial charge in [-0.15, -0.1) is 11.8 Å². The minimum atomic E-state index is -1.01. The monoisotopic (exact) mass is 424 g/mol. The summed E-state index contributed by atoms with van der Waals surface area (Å²) in [6.07, 6.45) is 2.93. The van der Waals surface area contributed by atoms with E-state index in [4.69, 9.17) is 4.74 Å². The average molecular weight is 425 g/mol. The largest absolute Gasteiger partial charge is 0.447 e. The Labute approximate surface area is 180 Å². The number of amides is 2. The van der Waals surface area contributed by atoms with Gasteiger partial charge in [-0.25, -0.2) is 0 Å². The molecule has 1 aliphatic heterocycles. The Morgan fingerprint density at radius 1 is 1.13 bits per heavy atom. The molecular formula is C23H24N2O4S. The first-order valence-electron chi connectivity index (χ1n) is 10.1. The molecule has 2 fully saturated rings. The van der Waals surface area contributed by atoms with Crippen molar-refractivity contribution in [1.29, 1.82) is 0 Å². The van der Waals surface area contributed by atoms with Gasteiger partial charge in [-0.2, -0.15) is 0 Å². The summed E-state index contributed by atoms with van der Waals surface area (Å²) >= 11 is 1.60. The first-order chi connectivity index (χ1) is 14.5. The minimum absolute atomic E-state index is 0.0775. The number of ether oxygens (including phenoxy) is 1. The summed E-state index contributed by atoms with van der Waals surface area (Å²) in [6.45, 7) is 0.251. The summed E-state index contributed by atoms with van der Waals surface area (Å²) in [5.41, 5.74) is 1.39. The van der Waals surface area contributed by atoms with Gasteiger partial charge in [0.05, 0.1) is 5.92 Å². The van der Waals surface area contributed by atoms with Crippen molar-refractivity contribution >= 4 is 35.2 Å². The normalized spacial score (nSPS) is 19.4. The molecule has 2 unspecified atom stereocenters. The van der Waals surface area contributed by atoms with Crippen molar-refractivity contribution < 1.29 is 19.1 Å². The number of nitrogens with one attached hydrogen (secondary N) is 1. The lowest BCUT2D eigenvalue weighted by Crippen LogP contribution is -2.35. The molecule has 156 valence electrons. The van der Waals surface area contributed by atoms with Crippen LogP contribution in [0.5, 0.6) is 0 Å². The first-order valence-corrected chi connectivity index (χ1v) is 11.3. The molecule has 2 aromatic carbocycles. The summed E-state index contributed by atoms with van der Waals surface area (Å²) in [5.74, 6) is -1.55. The predicted molar refractivity (Wildman–Crippen MR) is 115 cm³/mol. The molecule has 2 atom stereocenters. The van der Waals surface area contributed by atoms with E-state index in [-0.39, 0.29) is 30.8 Å². The molecular weight excluding hydrogens is 400 g/mol. The van der Waals surface area contributed by atoms with E-state index in [9.17, 15) is 14.4 Å². The molecule has 1 N–H and O–H groups in total. The lowest BCUT2D eigenvalue weighted by Gasteiger charge is -2.20. The Bertz CT molecular complexity index is 945. The number of esters is 1. The van der Waals surface area contributed by atoms with Crippen LogP contribution in [0.1, 0.15) is 30.9 Å². The zero-order chi connectivity index (χ0) is 21.1. The lowest BCUT2D eigenvalue weighted by molar-refractivity contribution is -0.160. The fourth-order valence-corrected chi connectivity index (χ4v) is 3.96. The quantitative estimate of drug-likeness (QED) is 0.545. The number of benzene rings is 2. The Morgan fingerprint density at radius 3 is 2.60 bits per heavy atom. The second kappa shape index (κ2) is 8.92. The molecule has 2 amide bonds. The molecule has 0 bridgehead atoms. The van der Waals surface area contributed by atoms with E-state index in [1.54, 1.807) is 40.9 Å². The van der Waals surface area contributed by atoms with E-state index in [1.165, 1.54) is 0 Å². The third-order valence-corrected chi connectivity index (χ3v) is 6.05. The molecule has 0 aromatic heterocycles. The van der Waals surface area contributed by atoms with Crippen LogP contribution in [0.2, 0.25) is 0 Å².